The van der Waals surface area contributed by atoms with Crippen molar-refractivity contribution in [1.29, 1.82) is 0 Å². The van der Waals surface area contributed by atoms with E-state index >= 15 is 0 Å². The van der Waals surface area contributed by atoms with Crippen LogP contribution in [0.25, 0.3) is 22.2 Å². The number of carbonyl (C=O) groups is 1. The molecule has 0 spiro atoms. The van der Waals surface area contributed by atoms with Crippen molar-refractivity contribution in [2.75, 3.05) is 0 Å². The summed E-state index contributed by atoms with van der Waals surface area (Å²) < 4.78 is 0. The van der Waals surface area contributed by atoms with Crippen LogP contribution in [0.2, 0.25) is 0 Å². The number of rotatable bonds is 4. The fourth-order valence-electron chi connectivity index (χ4n) is 3.45. The van der Waals surface area contributed by atoms with Gasteiger partial charge in [-0.1, -0.05) is 30.2 Å². The van der Waals surface area contributed by atoms with E-state index in [-0.39, 0.29) is 0 Å². The lowest BCUT2D eigenvalue weighted by molar-refractivity contribution is -0.111. The Bertz CT molecular complexity index is 895. The highest BCUT2D eigenvalue weighted by molar-refractivity contribution is 5.92. The summed E-state index contributed by atoms with van der Waals surface area (Å²) in [5.41, 5.74) is 8.02. The molecular weight excluding hydrogens is 294 g/mol. The van der Waals surface area contributed by atoms with E-state index in [1.807, 2.05) is 13.8 Å². The summed E-state index contributed by atoms with van der Waals surface area (Å²) in [4.78, 5) is 15.0. The van der Waals surface area contributed by atoms with Gasteiger partial charge in [0.1, 0.15) is 6.29 Å². The molecule has 1 aromatic heterocycles. The maximum Gasteiger partial charge on any atom is 0.129 e. The van der Waals surface area contributed by atoms with E-state index in [9.17, 15) is 4.79 Å². The number of nitrogens with one attached hydrogen (secondary N) is 1. The number of aldehydes is 1. The highest BCUT2D eigenvalue weighted by atomic mass is 16.1. The zero-order valence-corrected chi connectivity index (χ0v) is 15.2. The first-order valence-electron chi connectivity index (χ1n) is 8.56. The van der Waals surface area contributed by atoms with E-state index in [2.05, 4.69) is 62.2 Å². The average molecular weight is 319 g/mol. The number of aromatic amines is 1. The number of benzene rings is 2. The van der Waals surface area contributed by atoms with Crippen LogP contribution in [0.15, 0.2) is 36.4 Å². The van der Waals surface area contributed by atoms with Gasteiger partial charge in [0.25, 0.3) is 0 Å². The van der Waals surface area contributed by atoms with E-state index < -0.39 is 5.41 Å². The van der Waals surface area contributed by atoms with E-state index in [4.69, 9.17) is 0 Å². The number of hydrogen-bond donors (Lipinski definition) is 1. The van der Waals surface area contributed by atoms with Crippen molar-refractivity contribution in [1.82, 2.24) is 4.98 Å². The van der Waals surface area contributed by atoms with Crippen LogP contribution in [0.4, 0.5) is 0 Å². The van der Waals surface area contributed by atoms with Crippen molar-refractivity contribution >= 4 is 17.2 Å². The topological polar surface area (TPSA) is 32.9 Å². The quantitative estimate of drug-likeness (QED) is 0.634. The molecule has 2 aromatic carbocycles. The molecule has 0 bridgehead atoms. The summed E-state index contributed by atoms with van der Waals surface area (Å²) in [7, 11) is 0. The minimum atomic E-state index is -0.462. The molecule has 0 atom stereocenters. The molecule has 1 heterocycles. The first kappa shape index (κ1) is 16.5. The van der Waals surface area contributed by atoms with Crippen LogP contribution in [0.5, 0.6) is 0 Å². The van der Waals surface area contributed by atoms with Crippen LogP contribution < -0.4 is 0 Å². The lowest BCUT2D eigenvalue weighted by Gasteiger charge is -2.17. The van der Waals surface area contributed by atoms with E-state index in [1.165, 1.54) is 33.3 Å². The van der Waals surface area contributed by atoms with Gasteiger partial charge in [-0.2, -0.15) is 0 Å². The Morgan fingerprint density at radius 2 is 1.71 bits per heavy atom. The molecule has 2 nitrogen and oxygen atoms in total. The van der Waals surface area contributed by atoms with Gasteiger partial charge in [-0.15, -0.1) is 0 Å². The number of H-pyrrole nitrogens is 1. The smallest absolute Gasteiger partial charge is 0.129 e. The van der Waals surface area contributed by atoms with Crippen LogP contribution in [-0.2, 0) is 16.6 Å². The van der Waals surface area contributed by atoms with Gasteiger partial charge < -0.3 is 9.78 Å². The number of fused-ring (bicyclic) bond motifs is 1. The second kappa shape index (κ2) is 5.94. The molecule has 124 valence electrons. The van der Waals surface area contributed by atoms with Crippen LogP contribution in [0.1, 0.15) is 43.0 Å². The van der Waals surface area contributed by atoms with Gasteiger partial charge >= 0.3 is 0 Å². The third kappa shape index (κ3) is 2.77. The Labute approximate surface area is 143 Å². The largest absolute Gasteiger partial charge is 0.354 e. The monoisotopic (exact) mass is 319 g/mol. The number of aromatic nitrogens is 1. The maximum absolute atomic E-state index is 11.4. The van der Waals surface area contributed by atoms with Gasteiger partial charge in [0.05, 0.1) is 0 Å². The maximum atomic E-state index is 11.4. The second-order valence-corrected chi connectivity index (χ2v) is 7.31. The number of aryl methyl sites for hydroxylation is 3. The normalized spacial score (nSPS) is 11.9. The molecular formula is C22H25NO. The van der Waals surface area contributed by atoms with Crippen LogP contribution in [-0.4, -0.2) is 11.3 Å². The zero-order valence-electron chi connectivity index (χ0n) is 15.2. The molecule has 0 aliphatic heterocycles. The molecule has 0 aliphatic rings. The highest BCUT2D eigenvalue weighted by Crippen LogP contribution is 2.34. The zero-order chi connectivity index (χ0) is 17.5. The van der Waals surface area contributed by atoms with E-state index in [0.29, 0.717) is 0 Å². The molecule has 0 amide bonds. The van der Waals surface area contributed by atoms with Gasteiger partial charge in [-0.3, -0.25) is 0 Å². The van der Waals surface area contributed by atoms with Crippen molar-refractivity contribution in [3.8, 4) is 11.3 Å². The number of hydrogen-bond acceptors (Lipinski definition) is 1. The van der Waals surface area contributed by atoms with Crippen LogP contribution in [0.3, 0.4) is 0 Å². The summed E-state index contributed by atoms with van der Waals surface area (Å²) in [6.07, 6.45) is 1.98. The standard InChI is InChI=1S/C22H25NO/c1-6-18-19-12-17(22(4,5)13-24)7-8-20(19)23-21(18)16-10-14(2)9-15(3)11-16/h7-13,23H,6H2,1-5H3. The third-order valence-corrected chi connectivity index (χ3v) is 4.81. The average Bonchev–Trinajstić information content (AvgIpc) is 2.91. The third-order valence-electron chi connectivity index (χ3n) is 4.81. The molecule has 24 heavy (non-hydrogen) atoms. The van der Waals surface area contributed by atoms with Crippen molar-refractivity contribution in [3.63, 3.8) is 0 Å². The van der Waals surface area contributed by atoms with Crippen LogP contribution in [0, 0.1) is 13.8 Å². The first-order valence-corrected chi connectivity index (χ1v) is 8.56. The van der Waals surface area contributed by atoms with Gasteiger partial charge in [0.2, 0.25) is 0 Å². The summed E-state index contributed by atoms with van der Waals surface area (Å²) in [5.74, 6) is 0. The SMILES string of the molecule is CCc1c(-c2cc(C)cc(C)c2)[nH]c2ccc(C(C)(C)C=O)cc12. The lowest BCUT2D eigenvalue weighted by atomic mass is 9.85. The Hall–Kier alpha value is -2.35. The van der Waals surface area contributed by atoms with Gasteiger partial charge in [-0.25, -0.2) is 0 Å². The predicted octanol–water partition coefficient (Wildman–Crippen LogP) is 5.49. The fraction of sp³-hybridized carbons (Fsp3) is 0.318. The van der Waals surface area contributed by atoms with Gasteiger partial charge in [0, 0.05) is 22.0 Å². The lowest BCUT2D eigenvalue weighted by Crippen LogP contribution is -2.18. The fourth-order valence-corrected chi connectivity index (χ4v) is 3.45. The van der Waals surface area contributed by atoms with Crippen molar-refractivity contribution in [2.45, 2.75) is 46.5 Å². The van der Waals surface area contributed by atoms with Gasteiger partial charge in [0.15, 0.2) is 0 Å². The van der Waals surface area contributed by atoms with Crippen molar-refractivity contribution < 1.29 is 4.79 Å². The molecule has 0 saturated heterocycles. The molecule has 0 saturated carbocycles. The molecule has 0 aliphatic carbocycles. The summed E-state index contributed by atoms with van der Waals surface area (Å²) in [6, 6.07) is 13.0. The Morgan fingerprint density at radius 1 is 1.04 bits per heavy atom. The van der Waals surface area contributed by atoms with Crippen LogP contribution >= 0.6 is 0 Å². The molecule has 3 rings (SSSR count). The molecule has 0 radical (unpaired) electrons. The summed E-state index contributed by atoms with van der Waals surface area (Å²) in [5, 5.41) is 1.22. The Balaban J connectivity index is 2.25. The van der Waals surface area contributed by atoms with Crippen molar-refractivity contribution in [2.24, 2.45) is 0 Å². The van der Waals surface area contributed by atoms with Crippen molar-refractivity contribution in [3.05, 3.63) is 58.7 Å². The Kier molecular flexibility index (Phi) is 4.08. The molecule has 3 aromatic rings. The second-order valence-electron chi connectivity index (χ2n) is 7.31. The predicted molar refractivity (Wildman–Crippen MR) is 102 cm³/mol. The summed E-state index contributed by atoms with van der Waals surface area (Å²) in [6.45, 7) is 10.4. The number of carbonyl (C=O) groups excluding carboxylic acids is 1. The Morgan fingerprint density at radius 3 is 2.29 bits per heavy atom. The highest BCUT2D eigenvalue weighted by Gasteiger charge is 2.21. The van der Waals surface area contributed by atoms with Gasteiger partial charge in [-0.05, 0) is 75.1 Å². The minimum Gasteiger partial charge on any atom is -0.354 e. The minimum absolute atomic E-state index is 0.462. The van der Waals surface area contributed by atoms with E-state index in [0.717, 1.165) is 23.8 Å². The molecule has 2 heteroatoms. The first-order chi connectivity index (χ1) is 11.4. The summed E-state index contributed by atoms with van der Waals surface area (Å²) >= 11 is 0. The molecule has 0 unspecified atom stereocenters. The molecule has 0 fully saturated rings. The van der Waals surface area contributed by atoms with E-state index in [1.54, 1.807) is 0 Å². The molecule has 1 N–H and O–H groups in total.